The van der Waals surface area contributed by atoms with Gasteiger partial charge in [0.15, 0.2) is 0 Å². The third-order valence-electron chi connectivity index (χ3n) is 4.13. The molecule has 120 valence electrons. The zero-order chi connectivity index (χ0) is 16.4. The summed E-state index contributed by atoms with van der Waals surface area (Å²) < 4.78 is 0. The number of hydrogen-bond donors (Lipinski definition) is 3. The van der Waals surface area contributed by atoms with Crippen LogP contribution in [0, 0.1) is 0 Å². The van der Waals surface area contributed by atoms with Crippen LogP contribution >= 0.6 is 0 Å². The van der Waals surface area contributed by atoms with Gasteiger partial charge in [-0.1, -0.05) is 12.1 Å². The summed E-state index contributed by atoms with van der Waals surface area (Å²) in [5, 5.41) is 13.7. The molecule has 2 heterocycles. The van der Waals surface area contributed by atoms with Crippen LogP contribution in [-0.4, -0.2) is 39.6 Å². The maximum absolute atomic E-state index is 12.2. The normalized spacial score (nSPS) is 17.4. The molecule has 2 amide bonds. The Labute approximate surface area is 133 Å². The summed E-state index contributed by atoms with van der Waals surface area (Å²) in [6.07, 6.45) is 1.88. The molecule has 0 bridgehead atoms. The highest BCUT2D eigenvalue weighted by molar-refractivity contribution is 5.91. The number of carboxylic acid groups (broad SMARTS) is 1. The highest BCUT2D eigenvalue weighted by Crippen LogP contribution is 2.20. The van der Waals surface area contributed by atoms with E-state index in [1.807, 2.05) is 24.3 Å². The molecule has 0 unspecified atom stereocenters. The first-order valence-electron chi connectivity index (χ1n) is 7.46. The SMILES string of the molecule is Nc1nccc2cc(CNC(=O)[C@@H]3CCCN3C(=O)O)ccc12. The van der Waals surface area contributed by atoms with E-state index in [1.165, 1.54) is 4.90 Å². The molecule has 1 aromatic heterocycles. The molecule has 1 aromatic carbocycles. The standard InChI is InChI=1S/C16H18N4O3/c17-14-12-4-3-10(8-11(12)5-6-18-14)9-19-15(21)13-2-1-7-20(13)16(22)23/h3-6,8,13H,1-2,7,9H2,(H2,17,18)(H,19,21)(H,22,23)/t13-/m0/s1. The molecule has 1 aliphatic rings. The van der Waals surface area contributed by atoms with Crippen molar-refractivity contribution in [2.75, 3.05) is 12.3 Å². The molecule has 7 heteroatoms. The molecule has 1 fully saturated rings. The van der Waals surface area contributed by atoms with Crippen molar-refractivity contribution >= 4 is 28.6 Å². The first kappa shape index (κ1) is 15.1. The number of carbonyl (C=O) groups is 2. The Morgan fingerprint density at radius 3 is 3.00 bits per heavy atom. The summed E-state index contributed by atoms with van der Waals surface area (Å²) in [7, 11) is 0. The van der Waals surface area contributed by atoms with Crippen LogP contribution in [0.25, 0.3) is 10.8 Å². The minimum absolute atomic E-state index is 0.251. The topological polar surface area (TPSA) is 109 Å². The number of fused-ring (bicyclic) bond motifs is 1. The van der Waals surface area contributed by atoms with Crippen molar-refractivity contribution < 1.29 is 14.7 Å². The molecule has 1 aliphatic heterocycles. The van der Waals surface area contributed by atoms with E-state index in [0.717, 1.165) is 16.3 Å². The van der Waals surface area contributed by atoms with Crippen LogP contribution in [0.3, 0.4) is 0 Å². The number of likely N-dealkylation sites (tertiary alicyclic amines) is 1. The number of nitrogen functional groups attached to an aromatic ring is 1. The Morgan fingerprint density at radius 1 is 1.39 bits per heavy atom. The van der Waals surface area contributed by atoms with Gasteiger partial charge in [-0.15, -0.1) is 0 Å². The van der Waals surface area contributed by atoms with Crippen LogP contribution in [0.4, 0.5) is 10.6 Å². The third-order valence-corrected chi connectivity index (χ3v) is 4.13. The van der Waals surface area contributed by atoms with Crippen molar-refractivity contribution in [2.45, 2.75) is 25.4 Å². The minimum atomic E-state index is -1.05. The molecule has 0 saturated carbocycles. The van der Waals surface area contributed by atoms with Crippen LogP contribution in [0.5, 0.6) is 0 Å². The smallest absolute Gasteiger partial charge is 0.407 e. The minimum Gasteiger partial charge on any atom is -0.465 e. The van der Waals surface area contributed by atoms with Gasteiger partial charge in [-0.05, 0) is 35.9 Å². The van der Waals surface area contributed by atoms with E-state index in [2.05, 4.69) is 10.3 Å². The quantitative estimate of drug-likeness (QED) is 0.797. The molecule has 3 rings (SSSR count). The molecule has 2 aromatic rings. The predicted molar refractivity (Wildman–Crippen MR) is 85.8 cm³/mol. The lowest BCUT2D eigenvalue weighted by molar-refractivity contribution is -0.125. The van der Waals surface area contributed by atoms with Gasteiger partial charge in [-0.25, -0.2) is 9.78 Å². The second-order valence-corrected chi connectivity index (χ2v) is 5.60. The largest absolute Gasteiger partial charge is 0.465 e. The number of aromatic nitrogens is 1. The number of pyridine rings is 1. The van der Waals surface area contributed by atoms with Crippen molar-refractivity contribution in [2.24, 2.45) is 0 Å². The fourth-order valence-electron chi connectivity index (χ4n) is 2.94. The molecule has 0 spiro atoms. The monoisotopic (exact) mass is 314 g/mol. The molecule has 1 saturated heterocycles. The zero-order valence-corrected chi connectivity index (χ0v) is 12.5. The summed E-state index contributed by atoms with van der Waals surface area (Å²) in [5.41, 5.74) is 6.74. The Bertz CT molecular complexity index is 762. The van der Waals surface area contributed by atoms with E-state index in [9.17, 15) is 9.59 Å². The van der Waals surface area contributed by atoms with E-state index < -0.39 is 12.1 Å². The van der Waals surface area contributed by atoms with Gasteiger partial charge in [0.25, 0.3) is 0 Å². The molecule has 7 nitrogen and oxygen atoms in total. The van der Waals surface area contributed by atoms with Crippen molar-refractivity contribution in [3.05, 3.63) is 36.0 Å². The van der Waals surface area contributed by atoms with Crippen molar-refractivity contribution in [1.29, 1.82) is 0 Å². The lowest BCUT2D eigenvalue weighted by Gasteiger charge is -2.20. The maximum atomic E-state index is 12.2. The predicted octanol–water partition coefficient (Wildman–Crippen LogP) is 1.58. The Hall–Kier alpha value is -2.83. The first-order chi connectivity index (χ1) is 11.1. The highest BCUT2D eigenvalue weighted by atomic mass is 16.4. The van der Waals surface area contributed by atoms with E-state index in [0.29, 0.717) is 31.7 Å². The van der Waals surface area contributed by atoms with Crippen molar-refractivity contribution in [1.82, 2.24) is 15.2 Å². The summed E-state index contributed by atoms with van der Waals surface area (Å²) in [5.74, 6) is 0.223. The fourth-order valence-corrected chi connectivity index (χ4v) is 2.94. The summed E-state index contributed by atoms with van der Waals surface area (Å²) >= 11 is 0. The van der Waals surface area contributed by atoms with Crippen LogP contribution in [-0.2, 0) is 11.3 Å². The molecule has 1 atom stereocenters. The number of hydrogen-bond acceptors (Lipinski definition) is 4. The summed E-state index contributed by atoms with van der Waals surface area (Å²) in [6.45, 7) is 0.761. The molecule has 4 N–H and O–H groups in total. The van der Waals surface area contributed by atoms with Crippen molar-refractivity contribution in [3.8, 4) is 0 Å². The lowest BCUT2D eigenvalue weighted by atomic mass is 10.1. The van der Waals surface area contributed by atoms with E-state index in [-0.39, 0.29) is 5.91 Å². The Morgan fingerprint density at radius 2 is 2.22 bits per heavy atom. The molecular weight excluding hydrogens is 296 g/mol. The number of carbonyl (C=O) groups excluding carboxylic acids is 1. The maximum Gasteiger partial charge on any atom is 0.407 e. The lowest BCUT2D eigenvalue weighted by Crippen LogP contribution is -2.45. The molecule has 0 radical (unpaired) electrons. The second kappa shape index (κ2) is 6.12. The van der Waals surface area contributed by atoms with Crippen molar-refractivity contribution in [3.63, 3.8) is 0 Å². The van der Waals surface area contributed by atoms with Crippen LogP contribution in [0.15, 0.2) is 30.5 Å². The highest BCUT2D eigenvalue weighted by Gasteiger charge is 2.33. The third kappa shape index (κ3) is 3.03. The molecule has 0 aliphatic carbocycles. The number of nitrogens with two attached hydrogens (primary N) is 1. The average Bonchev–Trinajstić information content (AvgIpc) is 3.02. The Balaban J connectivity index is 1.68. The van der Waals surface area contributed by atoms with Gasteiger partial charge in [0.1, 0.15) is 11.9 Å². The van der Waals surface area contributed by atoms with Gasteiger partial charge in [-0.3, -0.25) is 9.69 Å². The summed E-state index contributed by atoms with van der Waals surface area (Å²) in [6, 6.07) is 6.97. The van der Waals surface area contributed by atoms with Gasteiger partial charge in [0.2, 0.25) is 5.91 Å². The van der Waals surface area contributed by atoms with E-state index in [4.69, 9.17) is 10.8 Å². The summed E-state index contributed by atoms with van der Waals surface area (Å²) in [4.78, 5) is 28.5. The number of nitrogens with zero attached hydrogens (tertiary/aromatic N) is 2. The zero-order valence-electron chi connectivity index (χ0n) is 12.5. The first-order valence-corrected chi connectivity index (χ1v) is 7.46. The van der Waals surface area contributed by atoms with E-state index in [1.54, 1.807) is 6.20 Å². The van der Waals surface area contributed by atoms with Gasteiger partial charge in [-0.2, -0.15) is 0 Å². The number of benzene rings is 1. The number of anilines is 1. The number of rotatable bonds is 3. The molecular formula is C16H18N4O3. The number of nitrogens with one attached hydrogen (secondary N) is 1. The van der Waals surface area contributed by atoms with Crippen LogP contribution in [0.2, 0.25) is 0 Å². The molecule has 23 heavy (non-hydrogen) atoms. The van der Waals surface area contributed by atoms with Crippen LogP contribution in [0.1, 0.15) is 18.4 Å². The van der Waals surface area contributed by atoms with Gasteiger partial charge < -0.3 is 16.2 Å². The average molecular weight is 314 g/mol. The number of amides is 2. The van der Waals surface area contributed by atoms with Gasteiger partial charge >= 0.3 is 6.09 Å². The van der Waals surface area contributed by atoms with Gasteiger partial charge in [0.05, 0.1) is 0 Å². The fraction of sp³-hybridized carbons (Fsp3) is 0.312. The van der Waals surface area contributed by atoms with Gasteiger partial charge in [0, 0.05) is 24.7 Å². The van der Waals surface area contributed by atoms with Crippen LogP contribution < -0.4 is 11.1 Å². The Kier molecular flexibility index (Phi) is 4.01. The second-order valence-electron chi connectivity index (χ2n) is 5.60. The van der Waals surface area contributed by atoms with E-state index >= 15 is 0 Å².